The molecule has 0 bridgehead atoms. The maximum absolute atomic E-state index is 9.31. The van der Waals surface area contributed by atoms with Crippen molar-refractivity contribution in [1.82, 2.24) is 4.90 Å². The molecule has 0 aliphatic rings. The number of hydrogen-bond donors (Lipinski definition) is 0. The molecule has 5 heavy (non-hydrogen) atoms. The average molecular weight is 71.1 g/mol. The van der Waals surface area contributed by atoms with Crippen molar-refractivity contribution in [1.29, 1.82) is 0 Å². The summed E-state index contributed by atoms with van der Waals surface area (Å²) in [6, 6.07) is 0. The standard InChI is InChI=1S/C3H5NO/c1-4(2)3-5/h3H,1-2H2. The second-order valence-electron chi connectivity index (χ2n) is 0.694. The molecule has 0 heterocycles. The van der Waals surface area contributed by atoms with E-state index in [1.807, 2.05) is 0 Å². The Morgan fingerprint density at radius 3 is 1.80 bits per heavy atom. The second kappa shape index (κ2) is 1.76. The van der Waals surface area contributed by atoms with Crippen molar-refractivity contribution < 1.29 is 4.79 Å². The summed E-state index contributed by atoms with van der Waals surface area (Å²) in [6.07, 6.45) is 0.528. The minimum absolute atomic E-state index is 0.528. The fourth-order valence-corrected chi connectivity index (χ4v) is 0. The van der Waals surface area contributed by atoms with Gasteiger partial charge in [-0.25, -0.2) is 0 Å². The summed E-state index contributed by atoms with van der Waals surface area (Å²) in [5, 5.41) is 0. The molecule has 0 aromatic heterocycles. The normalized spacial score (nSPS) is 6.80. The Morgan fingerprint density at radius 1 is 1.60 bits per heavy atom. The Hall–Kier alpha value is -0.530. The molecule has 0 rings (SSSR count). The predicted molar refractivity (Wildman–Crippen MR) is 18.6 cm³/mol. The fraction of sp³-hybridized carbons (Fsp3) is 0. The summed E-state index contributed by atoms with van der Waals surface area (Å²) in [4.78, 5) is 10.2. The van der Waals surface area contributed by atoms with Crippen molar-refractivity contribution in [3.63, 3.8) is 0 Å². The van der Waals surface area contributed by atoms with E-state index in [1.165, 1.54) is 0 Å². The van der Waals surface area contributed by atoms with Gasteiger partial charge in [0.1, 0.15) is 0 Å². The van der Waals surface area contributed by atoms with E-state index >= 15 is 0 Å². The Bertz CT molecular complexity index is 33.9. The van der Waals surface area contributed by atoms with Crippen LogP contribution in [0.2, 0.25) is 0 Å². The van der Waals surface area contributed by atoms with E-state index < -0.39 is 0 Å². The van der Waals surface area contributed by atoms with E-state index in [0.29, 0.717) is 6.41 Å². The summed E-state index contributed by atoms with van der Waals surface area (Å²) in [5.41, 5.74) is 0. The van der Waals surface area contributed by atoms with Gasteiger partial charge in [0.05, 0.1) is 0 Å². The predicted octanol–water partition coefficient (Wildman–Crippen LogP) is 0.0280. The number of nitrogens with zero attached hydrogens (tertiary/aromatic N) is 1. The average Bonchev–Trinajstić information content (AvgIpc) is 1.38. The van der Waals surface area contributed by atoms with Crippen molar-refractivity contribution in [2.45, 2.75) is 0 Å². The molecule has 0 aromatic rings. The maximum atomic E-state index is 9.31. The third-order valence-electron chi connectivity index (χ3n) is 0.149. The van der Waals surface area contributed by atoms with E-state index in [0.717, 1.165) is 4.90 Å². The van der Waals surface area contributed by atoms with Gasteiger partial charge < -0.3 is 4.90 Å². The second-order valence-corrected chi connectivity index (χ2v) is 0.694. The van der Waals surface area contributed by atoms with Crippen molar-refractivity contribution in [3.8, 4) is 0 Å². The zero-order valence-corrected chi connectivity index (χ0v) is 2.85. The third kappa shape index (κ3) is 3.47. The quantitative estimate of drug-likeness (QED) is 0.399. The van der Waals surface area contributed by atoms with Crippen LogP contribution in [0.25, 0.3) is 0 Å². The van der Waals surface area contributed by atoms with Gasteiger partial charge in [0, 0.05) is 14.1 Å². The van der Waals surface area contributed by atoms with Gasteiger partial charge in [0.25, 0.3) is 0 Å². The third-order valence-corrected chi connectivity index (χ3v) is 0.149. The zero-order chi connectivity index (χ0) is 4.28. The largest absolute Gasteiger partial charge is 0.342 e. The number of rotatable bonds is 1. The first-order chi connectivity index (χ1) is 2.27. The highest BCUT2D eigenvalue weighted by Crippen LogP contribution is 1.61. The summed E-state index contributed by atoms with van der Waals surface area (Å²) < 4.78 is 0. The molecule has 0 aromatic carbocycles. The first-order valence-electron chi connectivity index (χ1n) is 1.13. The SMILES string of the molecule is [CH2]N([CH2])C=O. The minimum Gasteiger partial charge on any atom is -0.342 e. The number of carbonyl (C=O) groups excluding carboxylic acids is 1. The van der Waals surface area contributed by atoms with E-state index in [4.69, 9.17) is 0 Å². The van der Waals surface area contributed by atoms with Crippen molar-refractivity contribution >= 4 is 6.41 Å². The lowest BCUT2D eigenvalue weighted by Crippen LogP contribution is -1.98. The monoisotopic (exact) mass is 71.0 g/mol. The van der Waals surface area contributed by atoms with E-state index in [2.05, 4.69) is 14.1 Å². The van der Waals surface area contributed by atoms with Crippen LogP contribution in [0.5, 0.6) is 0 Å². The van der Waals surface area contributed by atoms with Crippen LogP contribution in [0.3, 0.4) is 0 Å². The molecule has 0 fully saturated rings. The van der Waals surface area contributed by atoms with Gasteiger partial charge in [-0.2, -0.15) is 0 Å². The zero-order valence-electron chi connectivity index (χ0n) is 2.85. The molecule has 28 valence electrons. The molecule has 0 spiro atoms. The van der Waals surface area contributed by atoms with Gasteiger partial charge in [-0.1, -0.05) is 0 Å². The molecule has 0 saturated carbocycles. The van der Waals surface area contributed by atoms with Crippen LogP contribution in [0, 0.1) is 14.1 Å². The fourth-order valence-electron chi connectivity index (χ4n) is 0. The van der Waals surface area contributed by atoms with Crippen molar-refractivity contribution in [2.24, 2.45) is 0 Å². The Morgan fingerprint density at radius 2 is 1.80 bits per heavy atom. The number of carbonyl (C=O) groups is 1. The molecule has 0 unspecified atom stereocenters. The molecule has 0 saturated heterocycles. The van der Waals surface area contributed by atoms with Gasteiger partial charge in [-0.3, -0.25) is 4.79 Å². The van der Waals surface area contributed by atoms with Crippen LogP contribution in [-0.2, 0) is 4.79 Å². The lowest BCUT2D eigenvalue weighted by Gasteiger charge is -1.91. The van der Waals surface area contributed by atoms with Crippen LogP contribution in [-0.4, -0.2) is 11.3 Å². The molecule has 0 aliphatic carbocycles. The Labute approximate surface area is 31.4 Å². The molecule has 0 aliphatic heterocycles. The van der Waals surface area contributed by atoms with Crippen LogP contribution >= 0.6 is 0 Å². The molecular weight excluding hydrogens is 66.0 g/mol. The molecule has 0 atom stereocenters. The Balaban J connectivity index is 2.83. The smallest absolute Gasteiger partial charge is 0.209 e. The molecular formula is C3H5NO. The van der Waals surface area contributed by atoms with Gasteiger partial charge in [0.2, 0.25) is 6.41 Å². The number of amides is 1. The van der Waals surface area contributed by atoms with Crippen LogP contribution in [0.15, 0.2) is 0 Å². The van der Waals surface area contributed by atoms with Gasteiger partial charge in [-0.05, 0) is 0 Å². The van der Waals surface area contributed by atoms with Crippen LogP contribution in [0.4, 0.5) is 0 Å². The molecule has 2 nitrogen and oxygen atoms in total. The summed E-state index contributed by atoms with van der Waals surface area (Å²) in [7, 11) is 6.22. The number of hydrogen-bond acceptors (Lipinski definition) is 1. The van der Waals surface area contributed by atoms with Crippen molar-refractivity contribution in [2.75, 3.05) is 0 Å². The first kappa shape index (κ1) is 4.47. The highest BCUT2D eigenvalue weighted by molar-refractivity contribution is 5.47. The van der Waals surface area contributed by atoms with E-state index in [-0.39, 0.29) is 0 Å². The van der Waals surface area contributed by atoms with Crippen LogP contribution in [0.1, 0.15) is 0 Å². The maximum Gasteiger partial charge on any atom is 0.209 e. The summed E-state index contributed by atoms with van der Waals surface area (Å²) in [5.74, 6) is 0. The molecule has 0 N–H and O–H groups in total. The van der Waals surface area contributed by atoms with E-state index in [9.17, 15) is 4.79 Å². The highest BCUT2D eigenvalue weighted by atomic mass is 16.1. The molecule has 2 heteroatoms. The minimum atomic E-state index is 0.528. The lowest BCUT2D eigenvalue weighted by atomic mass is 11.0. The van der Waals surface area contributed by atoms with Crippen molar-refractivity contribution in [3.05, 3.63) is 14.1 Å². The summed E-state index contributed by atoms with van der Waals surface area (Å²) >= 11 is 0. The first-order valence-corrected chi connectivity index (χ1v) is 1.13. The summed E-state index contributed by atoms with van der Waals surface area (Å²) in [6.45, 7) is 0. The van der Waals surface area contributed by atoms with Gasteiger partial charge in [0.15, 0.2) is 0 Å². The topological polar surface area (TPSA) is 20.3 Å². The molecule has 1 amide bonds. The molecule has 2 radical (unpaired) electrons. The Kier molecular flexibility index (Phi) is 1.57. The van der Waals surface area contributed by atoms with Crippen LogP contribution < -0.4 is 0 Å². The lowest BCUT2D eigenvalue weighted by molar-refractivity contribution is -0.114. The van der Waals surface area contributed by atoms with Gasteiger partial charge in [-0.15, -0.1) is 0 Å². The van der Waals surface area contributed by atoms with E-state index in [1.54, 1.807) is 0 Å². The van der Waals surface area contributed by atoms with Gasteiger partial charge >= 0.3 is 0 Å². The highest BCUT2D eigenvalue weighted by Gasteiger charge is 1.69.